The van der Waals surface area contributed by atoms with E-state index in [1.807, 2.05) is 6.92 Å². The number of halogens is 1. The first-order valence-electron chi connectivity index (χ1n) is 5.46. The van der Waals surface area contributed by atoms with Crippen LogP contribution in [0.3, 0.4) is 0 Å². The maximum Gasteiger partial charge on any atom is 0.215 e. The van der Waals surface area contributed by atoms with Crippen molar-refractivity contribution in [1.29, 1.82) is 0 Å². The van der Waals surface area contributed by atoms with Gasteiger partial charge in [0.25, 0.3) is 0 Å². The Morgan fingerprint density at radius 1 is 1.16 bits per heavy atom. The van der Waals surface area contributed by atoms with E-state index in [1.165, 1.54) is 28.9 Å². The number of hydrogen-bond acceptors (Lipinski definition) is 3. The molecule has 0 atom stereocenters. The molecule has 0 amide bonds. The first-order chi connectivity index (χ1) is 8.66. The van der Waals surface area contributed by atoms with Crippen LogP contribution in [0.25, 0.3) is 16.8 Å². The van der Waals surface area contributed by atoms with Crippen LogP contribution in [-0.2, 0) is 0 Å². The Morgan fingerprint density at radius 2 is 1.84 bits per heavy atom. The number of benzene rings is 1. The fourth-order valence-electron chi connectivity index (χ4n) is 1.99. The van der Waals surface area contributed by atoms with Crippen molar-refractivity contribution in [1.82, 2.24) is 14.6 Å². The maximum atomic E-state index is 12.9. The average Bonchev–Trinajstić information content (AvgIpc) is 2.69. The Bertz CT molecular complexity index is 725. The molecular formula is C13H10FN3NaO. The summed E-state index contributed by atoms with van der Waals surface area (Å²) in [6.45, 7) is 1.83. The molecule has 0 unspecified atom stereocenters. The van der Waals surface area contributed by atoms with Gasteiger partial charge in [0.05, 0.1) is 5.69 Å². The second kappa shape index (κ2) is 5.28. The summed E-state index contributed by atoms with van der Waals surface area (Å²) in [5.41, 5.74) is 2.91. The van der Waals surface area contributed by atoms with Crippen LogP contribution in [0.4, 0.5) is 4.39 Å². The van der Waals surface area contributed by atoms with E-state index in [1.54, 1.807) is 12.1 Å². The van der Waals surface area contributed by atoms with Gasteiger partial charge >= 0.3 is 0 Å². The third-order valence-corrected chi connectivity index (χ3v) is 2.81. The van der Waals surface area contributed by atoms with E-state index in [9.17, 15) is 9.50 Å². The molecule has 0 spiro atoms. The summed E-state index contributed by atoms with van der Waals surface area (Å²) in [6, 6.07) is 7.59. The number of fused-ring (bicyclic) bond motifs is 1. The van der Waals surface area contributed by atoms with Crippen LogP contribution in [0, 0.1) is 12.7 Å². The van der Waals surface area contributed by atoms with Gasteiger partial charge in [-0.25, -0.2) is 9.37 Å². The number of aryl methyl sites for hydroxylation is 1. The molecule has 1 aromatic carbocycles. The number of nitrogens with zero attached hydrogens (tertiary/aromatic N) is 3. The van der Waals surface area contributed by atoms with E-state index in [-0.39, 0.29) is 41.3 Å². The summed E-state index contributed by atoms with van der Waals surface area (Å²) in [5, 5.41) is 13.9. The minimum atomic E-state index is -0.288. The van der Waals surface area contributed by atoms with Crippen LogP contribution in [0.1, 0.15) is 5.69 Å². The van der Waals surface area contributed by atoms with Crippen LogP contribution in [-0.4, -0.2) is 49.3 Å². The van der Waals surface area contributed by atoms with Gasteiger partial charge in [0.1, 0.15) is 5.82 Å². The fourth-order valence-corrected chi connectivity index (χ4v) is 1.99. The van der Waals surface area contributed by atoms with Gasteiger partial charge in [0.15, 0.2) is 5.65 Å². The van der Waals surface area contributed by atoms with Gasteiger partial charge in [-0.1, -0.05) is 12.1 Å². The zero-order valence-corrected chi connectivity index (χ0v) is 12.6. The molecule has 91 valence electrons. The van der Waals surface area contributed by atoms with Gasteiger partial charge in [0, 0.05) is 47.4 Å². The molecule has 2 aromatic heterocycles. The van der Waals surface area contributed by atoms with Gasteiger partial charge in [0.2, 0.25) is 5.88 Å². The zero-order chi connectivity index (χ0) is 12.7. The van der Waals surface area contributed by atoms with Gasteiger partial charge in [-0.2, -0.15) is 9.61 Å². The van der Waals surface area contributed by atoms with Crippen LogP contribution >= 0.6 is 0 Å². The van der Waals surface area contributed by atoms with Gasteiger partial charge in [-0.05, 0) is 24.6 Å². The van der Waals surface area contributed by atoms with E-state index in [0.29, 0.717) is 5.65 Å². The normalized spacial score (nSPS) is 10.4. The largest absolute Gasteiger partial charge is 0.493 e. The van der Waals surface area contributed by atoms with E-state index in [0.717, 1.165) is 16.8 Å². The summed E-state index contributed by atoms with van der Waals surface area (Å²) in [7, 11) is 0. The third-order valence-electron chi connectivity index (χ3n) is 2.81. The smallest absolute Gasteiger partial charge is 0.215 e. The quantitative estimate of drug-likeness (QED) is 0.687. The third kappa shape index (κ3) is 2.36. The van der Waals surface area contributed by atoms with E-state index < -0.39 is 0 Å². The molecule has 4 nitrogen and oxygen atoms in total. The van der Waals surface area contributed by atoms with Crippen molar-refractivity contribution in [3.8, 4) is 17.0 Å². The summed E-state index contributed by atoms with van der Waals surface area (Å²) < 4.78 is 14.3. The van der Waals surface area contributed by atoms with Crippen molar-refractivity contribution in [2.45, 2.75) is 6.92 Å². The molecule has 0 aliphatic carbocycles. The first-order valence-corrected chi connectivity index (χ1v) is 5.46. The molecule has 0 saturated heterocycles. The Labute approximate surface area is 131 Å². The number of aromatic nitrogens is 3. The second-order valence-electron chi connectivity index (χ2n) is 4.01. The summed E-state index contributed by atoms with van der Waals surface area (Å²) in [6.07, 6.45) is 1.51. The molecule has 1 radical (unpaired) electrons. The van der Waals surface area contributed by atoms with Gasteiger partial charge in [-0.15, -0.1) is 0 Å². The van der Waals surface area contributed by atoms with Crippen molar-refractivity contribution >= 4 is 35.2 Å². The van der Waals surface area contributed by atoms with E-state index in [4.69, 9.17) is 0 Å². The van der Waals surface area contributed by atoms with Crippen molar-refractivity contribution in [2.75, 3.05) is 0 Å². The topological polar surface area (TPSA) is 50.4 Å². The SMILES string of the molecule is Cc1nn2c(O)ccnc2c1-c1ccc(F)cc1.[Na]. The Morgan fingerprint density at radius 3 is 2.53 bits per heavy atom. The molecule has 0 fully saturated rings. The van der Waals surface area contributed by atoms with Gasteiger partial charge in [-0.3, -0.25) is 0 Å². The van der Waals surface area contributed by atoms with Crippen LogP contribution in [0.2, 0.25) is 0 Å². The molecular weight excluding hydrogens is 256 g/mol. The Hall–Kier alpha value is -1.43. The molecule has 0 aliphatic heterocycles. The Kier molecular flexibility index (Phi) is 3.89. The minimum absolute atomic E-state index is 0. The second-order valence-corrected chi connectivity index (χ2v) is 4.01. The molecule has 19 heavy (non-hydrogen) atoms. The van der Waals surface area contributed by atoms with Gasteiger partial charge < -0.3 is 5.11 Å². The van der Waals surface area contributed by atoms with Crippen molar-refractivity contribution in [2.24, 2.45) is 0 Å². The van der Waals surface area contributed by atoms with E-state index in [2.05, 4.69) is 10.1 Å². The van der Waals surface area contributed by atoms with E-state index >= 15 is 0 Å². The molecule has 0 saturated carbocycles. The van der Waals surface area contributed by atoms with Crippen LogP contribution < -0.4 is 0 Å². The van der Waals surface area contributed by atoms with Crippen molar-refractivity contribution < 1.29 is 9.50 Å². The fraction of sp³-hybridized carbons (Fsp3) is 0.0769. The molecule has 1 N–H and O–H groups in total. The Balaban J connectivity index is 0.00000133. The standard InChI is InChI=1S/C13H10FN3O.Na/c1-8-12(9-2-4-10(14)5-3-9)13-15-7-6-11(18)17(13)16-8;/h2-7,18H,1H3;. The summed E-state index contributed by atoms with van der Waals surface area (Å²) in [5.74, 6) is -0.264. The molecule has 6 heteroatoms. The summed E-state index contributed by atoms with van der Waals surface area (Å²) in [4.78, 5) is 4.21. The maximum absolute atomic E-state index is 12.9. The zero-order valence-electron chi connectivity index (χ0n) is 10.6. The number of hydrogen-bond donors (Lipinski definition) is 1. The monoisotopic (exact) mass is 266 g/mol. The van der Waals surface area contributed by atoms with Crippen LogP contribution in [0.5, 0.6) is 5.88 Å². The average molecular weight is 266 g/mol. The minimum Gasteiger partial charge on any atom is -0.493 e. The molecule has 0 aliphatic rings. The van der Waals surface area contributed by atoms with Crippen molar-refractivity contribution in [3.05, 3.63) is 48.0 Å². The van der Waals surface area contributed by atoms with Crippen molar-refractivity contribution in [3.63, 3.8) is 0 Å². The predicted molar refractivity (Wildman–Crippen MR) is 70.5 cm³/mol. The molecule has 3 rings (SSSR count). The van der Waals surface area contributed by atoms with Crippen LogP contribution in [0.15, 0.2) is 36.5 Å². The predicted octanol–water partition coefficient (Wildman–Crippen LogP) is 2.17. The first kappa shape index (κ1) is 14.0. The molecule has 3 aromatic rings. The number of rotatable bonds is 1. The molecule has 0 bridgehead atoms. The molecule has 2 heterocycles. The number of aromatic hydroxyl groups is 1. The summed E-state index contributed by atoms with van der Waals surface area (Å²) >= 11 is 0.